The molecule has 0 spiro atoms. The van der Waals surface area contributed by atoms with Crippen LogP contribution in [0.1, 0.15) is 22.8 Å². The molecule has 0 atom stereocenters. The van der Waals surface area contributed by atoms with E-state index in [1.54, 1.807) is 13.1 Å². The Morgan fingerprint density at radius 3 is 3.00 bits per heavy atom. The van der Waals surface area contributed by atoms with Gasteiger partial charge in [0.1, 0.15) is 10.7 Å². The standard InChI is InChI=1S/C12H12ClN3O2/c1-3-18-12(17)9-7-15-16(10(9)13)11-8(2)5-4-6-14-11/h4-7H,3H2,1-2H3. The molecule has 0 aromatic carbocycles. The molecule has 6 heteroatoms. The largest absolute Gasteiger partial charge is 0.462 e. The molecule has 0 bridgehead atoms. The average molecular weight is 266 g/mol. The number of aryl methyl sites for hydroxylation is 1. The second-order valence-corrected chi connectivity index (χ2v) is 3.98. The van der Waals surface area contributed by atoms with Crippen molar-refractivity contribution in [3.05, 3.63) is 40.8 Å². The van der Waals surface area contributed by atoms with Crippen LogP contribution in [0.4, 0.5) is 0 Å². The van der Waals surface area contributed by atoms with Gasteiger partial charge in [0, 0.05) is 6.20 Å². The predicted octanol–water partition coefficient (Wildman–Crippen LogP) is 2.41. The van der Waals surface area contributed by atoms with Gasteiger partial charge < -0.3 is 4.74 Å². The van der Waals surface area contributed by atoms with E-state index in [1.165, 1.54) is 10.9 Å². The van der Waals surface area contributed by atoms with Crippen LogP contribution in [-0.2, 0) is 4.74 Å². The van der Waals surface area contributed by atoms with Gasteiger partial charge in [-0.3, -0.25) is 0 Å². The first-order valence-corrected chi connectivity index (χ1v) is 5.85. The van der Waals surface area contributed by atoms with E-state index in [0.29, 0.717) is 12.4 Å². The zero-order valence-corrected chi connectivity index (χ0v) is 10.8. The summed E-state index contributed by atoms with van der Waals surface area (Å²) in [6.07, 6.45) is 3.03. The van der Waals surface area contributed by atoms with Crippen LogP contribution in [-0.4, -0.2) is 27.3 Å². The van der Waals surface area contributed by atoms with Crippen LogP contribution < -0.4 is 0 Å². The lowest BCUT2D eigenvalue weighted by molar-refractivity contribution is 0.0526. The Kier molecular flexibility index (Phi) is 3.62. The Bertz CT molecular complexity index is 580. The molecule has 0 fully saturated rings. The van der Waals surface area contributed by atoms with E-state index < -0.39 is 5.97 Å². The highest BCUT2D eigenvalue weighted by molar-refractivity contribution is 6.32. The van der Waals surface area contributed by atoms with E-state index in [0.717, 1.165) is 5.56 Å². The van der Waals surface area contributed by atoms with Gasteiger partial charge in [0.25, 0.3) is 0 Å². The minimum atomic E-state index is -0.484. The number of rotatable bonds is 3. The molecule has 0 saturated heterocycles. The number of carbonyl (C=O) groups excluding carboxylic acids is 1. The third kappa shape index (κ3) is 2.22. The molecule has 2 aromatic heterocycles. The van der Waals surface area contributed by atoms with Crippen molar-refractivity contribution in [2.24, 2.45) is 0 Å². The first-order chi connectivity index (χ1) is 8.65. The van der Waals surface area contributed by atoms with Crippen molar-refractivity contribution in [3.63, 3.8) is 0 Å². The lowest BCUT2D eigenvalue weighted by atomic mass is 10.3. The Labute approximate surface area is 109 Å². The molecule has 2 rings (SSSR count). The maximum atomic E-state index is 11.6. The highest BCUT2D eigenvalue weighted by Crippen LogP contribution is 2.21. The number of hydrogen-bond acceptors (Lipinski definition) is 4. The molecule has 94 valence electrons. The first kappa shape index (κ1) is 12.6. The van der Waals surface area contributed by atoms with Gasteiger partial charge in [-0.1, -0.05) is 17.7 Å². The third-order valence-corrected chi connectivity index (χ3v) is 2.75. The summed E-state index contributed by atoms with van der Waals surface area (Å²) in [4.78, 5) is 15.8. The van der Waals surface area contributed by atoms with Crippen molar-refractivity contribution in [2.45, 2.75) is 13.8 Å². The number of esters is 1. The fourth-order valence-corrected chi connectivity index (χ4v) is 1.78. The smallest absolute Gasteiger partial charge is 0.342 e. The Morgan fingerprint density at radius 1 is 1.56 bits per heavy atom. The van der Waals surface area contributed by atoms with Gasteiger partial charge in [0.2, 0.25) is 0 Å². The van der Waals surface area contributed by atoms with Crippen molar-refractivity contribution < 1.29 is 9.53 Å². The van der Waals surface area contributed by atoms with E-state index in [-0.39, 0.29) is 10.7 Å². The van der Waals surface area contributed by atoms with Crippen LogP contribution in [0.15, 0.2) is 24.5 Å². The van der Waals surface area contributed by atoms with Crippen LogP contribution in [0, 0.1) is 6.92 Å². The Balaban J connectivity index is 2.43. The molecule has 18 heavy (non-hydrogen) atoms. The summed E-state index contributed by atoms with van der Waals surface area (Å²) in [5.74, 6) is 0.111. The lowest BCUT2D eigenvalue weighted by Crippen LogP contribution is -2.06. The van der Waals surface area contributed by atoms with E-state index in [9.17, 15) is 4.79 Å². The maximum absolute atomic E-state index is 11.6. The topological polar surface area (TPSA) is 57.0 Å². The van der Waals surface area contributed by atoms with Crippen molar-refractivity contribution >= 4 is 17.6 Å². The van der Waals surface area contributed by atoms with Crippen LogP contribution >= 0.6 is 11.6 Å². The Morgan fingerprint density at radius 2 is 2.33 bits per heavy atom. The first-order valence-electron chi connectivity index (χ1n) is 5.47. The fraction of sp³-hybridized carbons (Fsp3) is 0.250. The lowest BCUT2D eigenvalue weighted by Gasteiger charge is -2.05. The normalized spacial score (nSPS) is 10.4. The van der Waals surface area contributed by atoms with Crippen LogP contribution in [0.2, 0.25) is 5.15 Å². The number of pyridine rings is 1. The quantitative estimate of drug-likeness (QED) is 0.800. The maximum Gasteiger partial charge on any atom is 0.342 e. The van der Waals surface area contributed by atoms with Gasteiger partial charge in [-0.25, -0.2) is 14.5 Å². The Hall–Kier alpha value is -1.88. The van der Waals surface area contributed by atoms with E-state index in [4.69, 9.17) is 16.3 Å². The molecule has 0 N–H and O–H groups in total. The van der Waals surface area contributed by atoms with Gasteiger partial charge in [-0.05, 0) is 25.5 Å². The molecular formula is C12H12ClN3O2. The van der Waals surface area contributed by atoms with Gasteiger partial charge in [-0.15, -0.1) is 0 Å². The van der Waals surface area contributed by atoms with Crippen LogP contribution in [0.5, 0.6) is 0 Å². The number of carbonyl (C=O) groups is 1. The summed E-state index contributed by atoms with van der Waals surface area (Å²) in [6, 6.07) is 3.72. The predicted molar refractivity (Wildman–Crippen MR) is 67.1 cm³/mol. The molecule has 0 aliphatic carbocycles. The molecule has 0 amide bonds. The second-order valence-electron chi connectivity index (χ2n) is 3.63. The van der Waals surface area contributed by atoms with Crippen LogP contribution in [0.25, 0.3) is 5.82 Å². The molecule has 0 aliphatic heterocycles. The summed E-state index contributed by atoms with van der Waals surface area (Å²) in [6.45, 7) is 3.92. The summed E-state index contributed by atoms with van der Waals surface area (Å²) in [7, 11) is 0. The molecule has 0 unspecified atom stereocenters. The molecular weight excluding hydrogens is 254 g/mol. The van der Waals surface area contributed by atoms with E-state index in [2.05, 4.69) is 10.1 Å². The zero-order chi connectivity index (χ0) is 13.1. The number of nitrogens with zero attached hydrogens (tertiary/aromatic N) is 3. The number of hydrogen-bond donors (Lipinski definition) is 0. The van der Waals surface area contributed by atoms with Crippen molar-refractivity contribution in [1.29, 1.82) is 0 Å². The fourth-order valence-electron chi connectivity index (χ4n) is 1.53. The van der Waals surface area contributed by atoms with Gasteiger partial charge in [0.15, 0.2) is 5.82 Å². The molecule has 0 aliphatic rings. The van der Waals surface area contributed by atoms with Crippen molar-refractivity contribution in [2.75, 3.05) is 6.61 Å². The SMILES string of the molecule is CCOC(=O)c1cnn(-c2ncccc2C)c1Cl. The third-order valence-electron chi connectivity index (χ3n) is 2.39. The van der Waals surface area contributed by atoms with Gasteiger partial charge >= 0.3 is 5.97 Å². The number of ether oxygens (including phenoxy) is 1. The summed E-state index contributed by atoms with van der Waals surface area (Å²) in [5, 5.41) is 4.28. The van der Waals surface area contributed by atoms with Crippen molar-refractivity contribution in [1.82, 2.24) is 14.8 Å². The monoisotopic (exact) mass is 265 g/mol. The number of aromatic nitrogens is 3. The molecule has 0 saturated carbocycles. The van der Waals surface area contributed by atoms with E-state index >= 15 is 0 Å². The zero-order valence-electron chi connectivity index (χ0n) is 10.1. The summed E-state index contributed by atoms with van der Waals surface area (Å²) < 4.78 is 6.31. The molecule has 2 aromatic rings. The highest BCUT2D eigenvalue weighted by Gasteiger charge is 2.18. The second kappa shape index (κ2) is 5.18. The molecule has 5 nitrogen and oxygen atoms in total. The summed E-state index contributed by atoms with van der Waals surface area (Å²) in [5.41, 5.74) is 1.15. The minimum Gasteiger partial charge on any atom is -0.462 e. The highest BCUT2D eigenvalue weighted by atomic mass is 35.5. The van der Waals surface area contributed by atoms with Gasteiger partial charge in [-0.2, -0.15) is 5.10 Å². The van der Waals surface area contributed by atoms with Gasteiger partial charge in [0.05, 0.1) is 12.8 Å². The summed E-state index contributed by atoms with van der Waals surface area (Å²) >= 11 is 6.12. The molecule has 2 heterocycles. The molecule has 0 radical (unpaired) electrons. The minimum absolute atomic E-state index is 0.204. The van der Waals surface area contributed by atoms with Crippen molar-refractivity contribution in [3.8, 4) is 5.82 Å². The van der Waals surface area contributed by atoms with Crippen LogP contribution in [0.3, 0.4) is 0 Å². The number of halogens is 1. The van der Waals surface area contributed by atoms with E-state index in [1.807, 2.05) is 19.1 Å². The average Bonchev–Trinajstić information content (AvgIpc) is 2.72.